The van der Waals surface area contributed by atoms with Gasteiger partial charge in [-0.15, -0.1) is 0 Å². The van der Waals surface area contributed by atoms with Gasteiger partial charge in [-0.3, -0.25) is 14.3 Å². The van der Waals surface area contributed by atoms with Gasteiger partial charge in [0, 0.05) is 42.3 Å². The Bertz CT molecular complexity index is 1310. The van der Waals surface area contributed by atoms with Crippen molar-refractivity contribution in [1.82, 2.24) is 20.3 Å². The molecule has 1 aromatic carbocycles. The summed E-state index contributed by atoms with van der Waals surface area (Å²) in [5, 5.41) is 8.23. The average Bonchev–Trinajstić information content (AvgIpc) is 2.71. The second-order valence-corrected chi connectivity index (χ2v) is 8.92. The van der Waals surface area contributed by atoms with Crippen molar-refractivity contribution in [2.75, 3.05) is 28.7 Å². The van der Waals surface area contributed by atoms with E-state index in [1.807, 2.05) is 6.92 Å². The normalized spacial score (nSPS) is 10.9. The molecule has 4 N–H and O–H groups in total. The Morgan fingerprint density at radius 2 is 1.73 bits per heavy atom. The van der Waals surface area contributed by atoms with Crippen molar-refractivity contribution in [3.63, 3.8) is 0 Å². The Kier molecular flexibility index (Phi) is 6.87. The van der Waals surface area contributed by atoms with Crippen molar-refractivity contribution in [2.24, 2.45) is 0 Å². The van der Waals surface area contributed by atoms with E-state index in [4.69, 9.17) is 0 Å². The molecule has 3 aromatic rings. The number of nitrogens with one attached hydrogen (secondary N) is 4. The van der Waals surface area contributed by atoms with E-state index in [1.165, 1.54) is 37.5 Å². The van der Waals surface area contributed by atoms with E-state index < -0.39 is 21.8 Å². The van der Waals surface area contributed by atoms with Crippen molar-refractivity contribution in [3.05, 3.63) is 65.2 Å². The Balaban J connectivity index is 1.91. The molecule has 0 unspecified atom stereocenters. The smallest absolute Gasteiger partial charge is 0.255 e. The van der Waals surface area contributed by atoms with Crippen LogP contribution in [0, 0.1) is 13.8 Å². The first-order chi connectivity index (χ1) is 15.5. The molecule has 0 saturated heterocycles. The summed E-state index contributed by atoms with van der Waals surface area (Å²) in [6.07, 6.45) is 2.35. The van der Waals surface area contributed by atoms with Gasteiger partial charge < -0.3 is 16.0 Å². The second kappa shape index (κ2) is 9.61. The van der Waals surface area contributed by atoms with Crippen LogP contribution >= 0.6 is 0 Å². The minimum Gasteiger partial charge on any atom is -0.355 e. The number of aryl methyl sites for hydroxylation is 2. The highest BCUT2D eigenvalue weighted by Crippen LogP contribution is 2.23. The van der Waals surface area contributed by atoms with Crippen molar-refractivity contribution in [1.29, 1.82) is 0 Å². The third kappa shape index (κ3) is 6.46. The SMILES string of the molecule is CNC(=O)c1cnc(Nc2cc(C)nc(C)n2)cc1NC(=O)c1cccc(NS(C)(=O)=O)c1. The van der Waals surface area contributed by atoms with Crippen molar-refractivity contribution >= 4 is 44.8 Å². The van der Waals surface area contributed by atoms with E-state index in [2.05, 4.69) is 35.6 Å². The molecule has 33 heavy (non-hydrogen) atoms. The van der Waals surface area contributed by atoms with E-state index in [0.29, 0.717) is 17.5 Å². The number of carbonyl (C=O) groups is 2. The van der Waals surface area contributed by atoms with Crippen LogP contribution in [-0.2, 0) is 10.0 Å². The van der Waals surface area contributed by atoms with Crippen molar-refractivity contribution in [3.8, 4) is 0 Å². The molecule has 12 heteroatoms. The number of pyridine rings is 1. The summed E-state index contributed by atoms with van der Waals surface area (Å²) >= 11 is 0. The van der Waals surface area contributed by atoms with Crippen LogP contribution in [0.15, 0.2) is 42.6 Å². The maximum absolute atomic E-state index is 12.9. The summed E-state index contributed by atoms with van der Waals surface area (Å²) in [6.45, 7) is 3.60. The Hall–Kier alpha value is -4.06. The van der Waals surface area contributed by atoms with Crippen LogP contribution in [0.2, 0.25) is 0 Å². The molecule has 2 heterocycles. The largest absolute Gasteiger partial charge is 0.355 e. The number of hydrogen-bond acceptors (Lipinski definition) is 8. The lowest BCUT2D eigenvalue weighted by Gasteiger charge is -2.13. The summed E-state index contributed by atoms with van der Waals surface area (Å²) in [5.41, 5.74) is 1.56. The first kappa shape index (κ1) is 23.6. The van der Waals surface area contributed by atoms with Crippen LogP contribution < -0.4 is 20.7 Å². The molecule has 2 amide bonds. The highest BCUT2D eigenvalue weighted by molar-refractivity contribution is 7.92. The molecule has 0 radical (unpaired) electrons. The number of aromatic nitrogens is 3. The van der Waals surface area contributed by atoms with E-state index in [-0.39, 0.29) is 22.5 Å². The predicted octanol–water partition coefficient (Wildman–Crippen LogP) is 2.22. The second-order valence-electron chi connectivity index (χ2n) is 7.17. The van der Waals surface area contributed by atoms with Crippen LogP contribution in [0.25, 0.3) is 0 Å². The number of carbonyl (C=O) groups excluding carboxylic acids is 2. The lowest BCUT2D eigenvalue weighted by Crippen LogP contribution is -2.22. The fraction of sp³-hybridized carbons (Fsp3) is 0.190. The summed E-state index contributed by atoms with van der Waals surface area (Å²) in [7, 11) is -2.04. The third-order valence-electron chi connectivity index (χ3n) is 4.27. The van der Waals surface area contributed by atoms with E-state index in [1.54, 1.807) is 19.1 Å². The number of sulfonamides is 1. The molecule has 172 valence electrons. The molecule has 11 nitrogen and oxygen atoms in total. The standard InChI is InChI=1S/C21H23N7O4S/c1-12-8-19(25-13(2)24-12)27-18-10-17(16(11-23-18)21(30)22-3)26-20(29)14-6-5-7-15(9-14)28-33(4,31)32/h5-11,28H,1-4H3,(H,22,30)(H2,23,24,25,26,27,29). The summed E-state index contributed by atoms with van der Waals surface area (Å²) in [5.74, 6) is 0.462. The summed E-state index contributed by atoms with van der Waals surface area (Å²) < 4.78 is 25.3. The minimum atomic E-state index is -3.50. The Morgan fingerprint density at radius 1 is 0.970 bits per heavy atom. The van der Waals surface area contributed by atoms with Crippen LogP contribution in [0.4, 0.5) is 23.0 Å². The number of rotatable bonds is 7. The molecule has 0 aliphatic heterocycles. The summed E-state index contributed by atoms with van der Waals surface area (Å²) in [6, 6.07) is 9.22. The monoisotopic (exact) mass is 469 g/mol. The zero-order valence-electron chi connectivity index (χ0n) is 18.4. The van der Waals surface area contributed by atoms with Gasteiger partial charge in [0.15, 0.2) is 0 Å². The van der Waals surface area contributed by atoms with Gasteiger partial charge in [0.05, 0.1) is 17.5 Å². The Labute approximate surface area is 191 Å². The van der Waals surface area contributed by atoms with Gasteiger partial charge in [-0.05, 0) is 32.0 Å². The molecule has 0 saturated carbocycles. The third-order valence-corrected chi connectivity index (χ3v) is 4.88. The Morgan fingerprint density at radius 3 is 2.39 bits per heavy atom. The van der Waals surface area contributed by atoms with Crippen LogP contribution in [-0.4, -0.2) is 48.5 Å². The van der Waals surface area contributed by atoms with E-state index in [0.717, 1.165) is 11.9 Å². The van der Waals surface area contributed by atoms with Gasteiger partial charge >= 0.3 is 0 Å². The zero-order valence-corrected chi connectivity index (χ0v) is 19.2. The average molecular weight is 470 g/mol. The van der Waals surface area contributed by atoms with Gasteiger partial charge in [0.2, 0.25) is 10.0 Å². The van der Waals surface area contributed by atoms with Crippen molar-refractivity contribution in [2.45, 2.75) is 13.8 Å². The molecule has 0 aliphatic carbocycles. The van der Waals surface area contributed by atoms with Gasteiger partial charge in [-0.2, -0.15) is 0 Å². The van der Waals surface area contributed by atoms with E-state index in [9.17, 15) is 18.0 Å². The number of nitrogens with zero attached hydrogens (tertiary/aromatic N) is 3. The molecule has 2 aromatic heterocycles. The van der Waals surface area contributed by atoms with Gasteiger partial charge in [0.25, 0.3) is 11.8 Å². The molecular weight excluding hydrogens is 446 g/mol. The topological polar surface area (TPSA) is 155 Å². The molecule has 3 rings (SSSR count). The number of anilines is 4. The predicted molar refractivity (Wildman–Crippen MR) is 125 cm³/mol. The first-order valence-corrected chi connectivity index (χ1v) is 11.6. The molecule has 0 aliphatic rings. The van der Waals surface area contributed by atoms with Crippen LogP contribution in [0.3, 0.4) is 0 Å². The maximum atomic E-state index is 12.9. The quantitative estimate of drug-likeness (QED) is 0.410. The van der Waals surface area contributed by atoms with Gasteiger partial charge in [0.1, 0.15) is 17.5 Å². The fourth-order valence-corrected chi connectivity index (χ4v) is 3.54. The lowest BCUT2D eigenvalue weighted by atomic mass is 10.1. The van der Waals surface area contributed by atoms with Gasteiger partial charge in [-0.1, -0.05) is 6.07 Å². The zero-order chi connectivity index (χ0) is 24.2. The van der Waals surface area contributed by atoms with Crippen molar-refractivity contribution < 1.29 is 18.0 Å². The number of benzene rings is 1. The lowest BCUT2D eigenvalue weighted by molar-refractivity contribution is 0.0963. The van der Waals surface area contributed by atoms with Gasteiger partial charge in [-0.25, -0.2) is 23.4 Å². The molecule has 0 spiro atoms. The van der Waals surface area contributed by atoms with E-state index >= 15 is 0 Å². The van der Waals surface area contributed by atoms with Crippen LogP contribution in [0.1, 0.15) is 32.2 Å². The molecular formula is C21H23N7O4S. The minimum absolute atomic E-state index is 0.150. The number of hydrogen-bond donors (Lipinski definition) is 4. The fourth-order valence-electron chi connectivity index (χ4n) is 2.99. The highest BCUT2D eigenvalue weighted by atomic mass is 32.2. The highest BCUT2D eigenvalue weighted by Gasteiger charge is 2.16. The number of amides is 2. The molecule has 0 fully saturated rings. The molecule has 0 bridgehead atoms. The summed E-state index contributed by atoms with van der Waals surface area (Å²) in [4.78, 5) is 37.9. The molecule has 0 atom stereocenters. The first-order valence-electron chi connectivity index (χ1n) is 9.74. The maximum Gasteiger partial charge on any atom is 0.255 e. The van der Waals surface area contributed by atoms with Crippen LogP contribution in [0.5, 0.6) is 0 Å².